The molecule has 2 rings (SSSR count). The number of nitrogens with zero attached hydrogens (tertiary/aromatic N) is 1. The molecule has 23 heavy (non-hydrogen) atoms. The predicted molar refractivity (Wildman–Crippen MR) is 80.1 cm³/mol. The van der Waals surface area contributed by atoms with Gasteiger partial charge in [0.15, 0.2) is 9.84 Å². The van der Waals surface area contributed by atoms with Gasteiger partial charge < -0.3 is 0 Å². The summed E-state index contributed by atoms with van der Waals surface area (Å²) in [6.45, 7) is 0. The van der Waals surface area contributed by atoms with Crippen LogP contribution in [-0.4, -0.2) is 36.7 Å². The maximum Gasteiger partial charge on any atom is 0.269 e. The first-order valence-corrected chi connectivity index (χ1v) is 8.63. The van der Waals surface area contributed by atoms with Crippen LogP contribution < -0.4 is 10.9 Å². The van der Waals surface area contributed by atoms with E-state index < -0.39 is 26.6 Å². The SMILES string of the molecule is O=C(C[C@H]1CCS(=O)(=O)C1)NNC(=O)c1ccc([N+](=O)[O-])cc1. The van der Waals surface area contributed by atoms with Gasteiger partial charge in [-0.3, -0.25) is 30.6 Å². The normalized spacial score (nSPS) is 19.0. The highest BCUT2D eigenvalue weighted by Gasteiger charge is 2.29. The molecular formula is C13H15N3O6S. The van der Waals surface area contributed by atoms with Gasteiger partial charge in [-0.05, 0) is 24.5 Å². The van der Waals surface area contributed by atoms with Crippen LogP contribution in [0.5, 0.6) is 0 Å². The van der Waals surface area contributed by atoms with Gasteiger partial charge in [-0.1, -0.05) is 0 Å². The van der Waals surface area contributed by atoms with E-state index in [0.29, 0.717) is 6.42 Å². The summed E-state index contributed by atoms with van der Waals surface area (Å²) < 4.78 is 22.6. The lowest BCUT2D eigenvalue weighted by molar-refractivity contribution is -0.384. The Morgan fingerprint density at radius 2 is 1.87 bits per heavy atom. The van der Waals surface area contributed by atoms with Gasteiger partial charge in [0, 0.05) is 24.1 Å². The molecule has 1 fully saturated rings. The van der Waals surface area contributed by atoms with Gasteiger partial charge >= 0.3 is 0 Å². The zero-order chi connectivity index (χ0) is 17.0. The van der Waals surface area contributed by atoms with Crippen LogP contribution in [-0.2, 0) is 14.6 Å². The molecule has 1 aliphatic heterocycles. The highest BCUT2D eigenvalue weighted by Crippen LogP contribution is 2.21. The van der Waals surface area contributed by atoms with Crippen LogP contribution >= 0.6 is 0 Å². The first-order chi connectivity index (χ1) is 10.8. The van der Waals surface area contributed by atoms with Crippen molar-refractivity contribution >= 4 is 27.3 Å². The molecule has 1 atom stereocenters. The minimum Gasteiger partial charge on any atom is -0.273 e. The van der Waals surface area contributed by atoms with Crippen LogP contribution in [0.15, 0.2) is 24.3 Å². The fourth-order valence-electron chi connectivity index (χ4n) is 2.28. The average molecular weight is 341 g/mol. The van der Waals surface area contributed by atoms with E-state index in [1.807, 2.05) is 0 Å². The molecule has 0 saturated carbocycles. The first kappa shape index (κ1) is 16.9. The van der Waals surface area contributed by atoms with Crippen molar-refractivity contribution in [2.24, 2.45) is 5.92 Å². The van der Waals surface area contributed by atoms with Crippen molar-refractivity contribution in [3.8, 4) is 0 Å². The third kappa shape index (κ3) is 4.74. The molecule has 1 aliphatic rings. The van der Waals surface area contributed by atoms with Crippen LogP contribution in [0.2, 0.25) is 0 Å². The van der Waals surface area contributed by atoms with Gasteiger partial charge in [0.1, 0.15) is 0 Å². The van der Waals surface area contributed by atoms with E-state index in [1.165, 1.54) is 24.3 Å². The smallest absolute Gasteiger partial charge is 0.269 e. The first-order valence-electron chi connectivity index (χ1n) is 6.81. The number of carbonyl (C=O) groups excluding carboxylic acids is 2. The number of hydrazine groups is 1. The highest BCUT2D eigenvalue weighted by molar-refractivity contribution is 7.91. The van der Waals surface area contributed by atoms with Gasteiger partial charge in [0.25, 0.3) is 11.6 Å². The second-order valence-electron chi connectivity index (χ2n) is 5.28. The van der Waals surface area contributed by atoms with E-state index in [4.69, 9.17) is 0 Å². The molecule has 0 bridgehead atoms. The lowest BCUT2D eigenvalue weighted by atomic mass is 10.1. The summed E-state index contributed by atoms with van der Waals surface area (Å²) in [5.74, 6) is -1.28. The van der Waals surface area contributed by atoms with E-state index in [9.17, 15) is 28.1 Å². The molecule has 0 radical (unpaired) electrons. The number of non-ortho nitro benzene ring substituents is 1. The number of rotatable bonds is 4. The summed E-state index contributed by atoms with van der Waals surface area (Å²) in [6.07, 6.45) is 0.450. The Bertz CT molecular complexity index is 729. The van der Waals surface area contributed by atoms with Crippen molar-refractivity contribution in [1.82, 2.24) is 10.9 Å². The minimum absolute atomic E-state index is 0.0137. The number of sulfone groups is 1. The number of hydrogen-bond donors (Lipinski definition) is 2. The van der Waals surface area contributed by atoms with E-state index in [2.05, 4.69) is 10.9 Å². The molecule has 0 aromatic heterocycles. The molecule has 124 valence electrons. The van der Waals surface area contributed by atoms with Crippen LogP contribution in [0, 0.1) is 16.0 Å². The fourth-order valence-corrected chi connectivity index (χ4v) is 4.14. The summed E-state index contributed by atoms with van der Waals surface area (Å²) in [5, 5.41) is 10.5. The molecule has 2 amide bonds. The molecule has 10 heteroatoms. The van der Waals surface area contributed by atoms with Crippen molar-refractivity contribution in [2.45, 2.75) is 12.8 Å². The number of benzene rings is 1. The molecule has 0 unspecified atom stereocenters. The van der Waals surface area contributed by atoms with Crippen molar-refractivity contribution in [3.63, 3.8) is 0 Å². The van der Waals surface area contributed by atoms with Gasteiger partial charge in [0.05, 0.1) is 16.4 Å². The Kier molecular flexibility index (Phi) is 4.94. The van der Waals surface area contributed by atoms with E-state index >= 15 is 0 Å². The zero-order valence-corrected chi connectivity index (χ0v) is 12.8. The van der Waals surface area contributed by atoms with Crippen LogP contribution in [0.3, 0.4) is 0 Å². The van der Waals surface area contributed by atoms with E-state index in [-0.39, 0.29) is 35.1 Å². The van der Waals surface area contributed by atoms with Crippen LogP contribution in [0.1, 0.15) is 23.2 Å². The van der Waals surface area contributed by atoms with Crippen molar-refractivity contribution in [3.05, 3.63) is 39.9 Å². The third-order valence-electron chi connectivity index (χ3n) is 3.46. The molecule has 2 N–H and O–H groups in total. The van der Waals surface area contributed by atoms with Crippen LogP contribution in [0.4, 0.5) is 5.69 Å². The van der Waals surface area contributed by atoms with E-state index in [1.54, 1.807) is 0 Å². The maximum atomic E-state index is 11.8. The number of amides is 2. The molecule has 1 aromatic carbocycles. The molecule has 1 saturated heterocycles. The van der Waals surface area contributed by atoms with Gasteiger partial charge in [-0.25, -0.2) is 8.42 Å². The van der Waals surface area contributed by atoms with Crippen molar-refractivity contribution < 1.29 is 22.9 Å². The Labute approximate surface area is 132 Å². The largest absolute Gasteiger partial charge is 0.273 e. The lowest BCUT2D eigenvalue weighted by Gasteiger charge is -2.10. The van der Waals surface area contributed by atoms with Crippen molar-refractivity contribution in [1.29, 1.82) is 0 Å². The zero-order valence-electron chi connectivity index (χ0n) is 12.0. The molecule has 9 nitrogen and oxygen atoms in total. The summed E-state index contributed by atoms with van der Waals surface area (Å²) in [7, 11) is -3.05. The molecule has 0 spiro atoms. The number of hydrogen-bond acceptors (Lipinski definition) is 6. The maximum absolute atomic E-state index is 11.8. The Balaban J connectivity index is 1.82. The number of carbonyl (C=O) groups is 2. The van der Waals surface area contributed by atoms with Crippen molar-refractivity contribution in [2.75, 3.05) is 11.5 Å². The Morgan fingerprint density at radius 3 is 2.39 bits per heavy atom. The second-order valence-corrected chi connectivity index (χ2v) is 7.51. The quantitative estimate of drug-likeness (QED) is 0.592. The lowest BCUT2D eigenvalue weighted by Crippen LogP contribution is -2.42. The summed E-state index contributed by atoms with van der Waals surface area (Å²) >= 11 is 0. The highest BCUT2D eigenvalue weighted by atomic mass is 32.2. The topological polar surface area (TPSA) is 135 Å². The Hall–Kier alpha value is -2.49. The number of nitro benzene ring substituents is 1. The predicted octanol–water partition coefficient (Wildman–Crippen LogP) is 0.181. The average Bonchev–Trinajstić information content (AvgIpc) is 2.83. The summed E-state index contributed by atoms with van der Waals surface area (Å²) in [5.41, 5.74) is 4.40. The third-order valence-corrected chi connectivity index (χ3v) is 5.29. The van der Waals surface area contributed by atoms with Gasteiger partial charge in [-0.15, -0.1) is 0 Å². The van der Waals surface area contributed by atoms with Gasteiger partial charge in [0.2, 0.25) is 5.91 Å². The fraction of sp³-hybridized carbons (Fsp3) is 0.385. The summed E-state index contributed by atoms with van der Waals surface area (Å²) in [6, 6.07) is 4.90. The monoisotopic (exact) mass is 341 g/mol. The summed E-state index contributed by atoms with van der Waals surface area (Å²) in [4.78, 5) is 33.4. The second kappa shape index (κ2) is 6.73. The molecule has 0 aliphatic carbocycles. The molecular weight excluding hydrogens is 326 g/mol. The minimum atomic E-state index is -3.05. The molecule has 1 heterocycles. The molecule has 1 aromatic rings. The van der Waals surface area contributed by atoms with Gasteiger partial charge in [-0.2, -0.15) is 0 Å². The standard InChI is InChI=1S/C13H15N3O6S/c17-12(7-9-5-6-23(21,22)8-9)14-15-13(18)10-1-3-11(4-2-10)16(19)20/h1-4,9H,5-8H2,(H,14,17)(H,15,18)/t9-/m1/s1. The Morgan fingerprint density at radius 1 is 1.22 bits per heavy atom. The number of nitrogens with one attached hydrogen (secondary N) is 2. The van der Waals surface area contributed by atoms with Crippen LogP contribution in [0.25, 0.3) is 0 Å². The van der Waals surface area contributed by atoms with E-state index in [0.717, 1.165) is 0 Å². The number of nitro groups is 1.